The van der Waals surface area contributed by atoms with Gasteiger partial charge in [0, 0.05) is 6.61 Å². The van der Waals surface area contributed by atoms with Crippen LogP contribution in [0.1, 0.15) is 40.0 Å². The van der Waals surface area contributed by atoms with E-state index in [2.05, 4.69) is 26.5 Å². The van der Waals surface area contributed by atoms with E-state index in [-0.39, 0.29) is 11.7 Å². The molecule has 0 spiro atoms. The Morgan fingerprint density at radius 3 is 2.42 bits per heavy atom. The Balaban J connectivity index is 3.33. The smallest absolute Gasteiger partial charge is 0.156 e. The fourth-order valence-electron chi connectivity index (χ4n) is 0.859. The molecule has 0 aliphatic heterocycles. The first-order chi connectivity index (χ1) is 5.70. The molecule has 0 N–H and O–H groups in total. The molecule has 2 atom stereocenters. The maximum atomic E-state index is 5.43. The Labute approximate surface area is 81.0 Å². The Morgan fingerprint density at radius 1 is 1.25 bits per heavy atom. The van der Waals surface area contributed by atoms with E-state index in [4.69, 9.17) is 9.47 Å². The first-order valence-electron chi connectivity index (χ1n) is 4.65. The molecule has 74 valence electrons. The van der Waals surface area contributed by atoms with Crippen molar-refractivity contribution in [1.29, 1.82) is 0 Å². The maximum absolute atomic E-state index is 5.43. The molecule has 0 aliphatic carbocycles. The van der Waals surface area contributed by atoms with Crippen molar-refractivity contribution in [1.82, 2.24) is 0 Å². The van der Waals surface area contributed by atoms with Crippen LogP contribution in [0.25, 0.3) is 0 Å². The Kier molecular flexibility index (Phi) is 8.07. The number of thiol groups is 1. The van der Waals surface area contributed by atoms with Crippen LogP contribution in [0.5, 0.6) is 0 Å². The summed E-state index contributed by atoms with van der Waals surface area (Å²) < 4.78 is 10.8. The molecular formula is C9H20O2S. The second-order valence-electron chi connectivity index (χ2n) is 2.82. The molecule has 3 heteroatoms. The van der Waals surface area contributed by atoms with Crippen LogP contribution >= 0.6 is 12.6 Å². The normalized spacial score (nSPS) is 16.0. The van der Waals surface area contributed by atoms with Crippen molar-refractivity contribution in [3.05, 3.63) is 0 Å². The zero-order chi connectivity index (χ0) is 9.40. The van der Waals surface area contributed by atoms with Crippen molar-refractivity contribution in [2.45, 2.75) is 51.8 Å². The highest BCUT2D eigenvalue weighted by molar-refractivity contribution is 7.80. The lowest BCUT2D eigenvalue weighted by Crippen LogP contribution is -2.18. The van der Waals surface area contributed by atoms with Gasteiger partial charge < -0.3 is 9.47 Å². The minimum atomic E-state index is -0.126. The average molecular weight is 192 g/mol. The van der Waals surface area contributed by atoms with Crippen LogP contribution in [0.2, 0.25) is 0 Å². The topological polar surface area (TPSA) is 18.5 Å². The van der Waals surface area contributed by atoms with E-state index in [0.717, 1.165) is 25.9 Å². The molecule has 0 radical (unpaired) electrons. The minimum absolute atomic E-state index is 0.0156. The van der Waals surface area contributed by atoms with Gasteiger partial charge >= 0.3 is 0 Å². The van der Waals surface area contributed by atoms with E-state index in [1.54, 1.807) is 0 Å². The van der Waals surface area contributed by atoms with Crippen LogP contribution < -0.4 is 0 Å². The van der Waals surface area contributed by atoms with Gasteiger partial charge in [0.25, 0.3) is 0 Å². The van der Waals surface area contributed by atoms with Crippen LogP contribution in [0.4, 0.5) is 0 Å². The summed E-state index contributed by atoms with van der Waals surface area (Å²) in [6, 6.07) is 0. The van der Waals surface area contributed by atoms with E-state index >= 15 is 0 Å². The van der Waals surface area contributed by atoms with Gasteiger partial charge in [0.1, 0.15) is 5.44 Å². The van der Waals surface area contributed by atoms with E-state index in [9.17, 15) is 0 Å². The molecule has 2 nitrogen and oxygen atoms in total. The summed E-state index contributed by atoms with van der Waals surface area (Å²) in [6.45, 7) is 6.86. The van der Waals surface area contributed by atoms with Gasteiger partial charge in [-0.1, -0.05) is 20.3 Å². The molecule has 0 fully saturated rings. The van der Waals surface area contributed by atoms with Crippen molar-refractivity contribution in [2.75, 3.05) is 6.61 Å². The van der Waals surface area contributed by atoms with Gasteiger partial charge in [-0.25, -0.2) is 0 Å². The van der Waals surface area contributed by atoms with Crippen molar-refractivity contribution >= 4 is 12.6 Å². The second-order valence-corrected chi connectivity index (χ2v) is 3.39. The van der Waals surface area contributed by atoms with Gasteiger partial charge in [0.05, 0.1) is 0 Å². The summed E-state index contributed by atoms with van der Waals surface area (Å²) in [4.78, 5) is 0. The molecule has 0 aromatic heterocycles. The number of hydrogen-bond acceptors (Lipinski definition) is 3. The molecular weight excluding hydrogens is 172 g/mol. The summed E-state index contributed by atoms with van der Waals surface area (Å²) in [7, 11) is 0. The highest BCUT2D eigenvalue weighted by atomic mass is 32.1. The molecule has 0 aliphatic rings. The average Bonchev–Trinajstić information content (AvgIpc) is 2.01. The summed E-state index contributed by atoms with van der Waals surface area (Å²) in [6.07, 6.45) is 2.97. The first-order valence-corrected chi connectivity index (χ1v) is 5.17. The van der Waals surface area contributed by atoms with E-state index in [1.807, 2.05) is 6.92 Å². The van der Waals surface area contributed by atoms with Crippen LogP contribution in [0, 0.1) is 0 Å². The number of ether oxygens (including phenoxy) is 2. The third kappa shape index (κ3) is 6.95. The Bertz CT molecular complexity index is 98.5. The van der Waals surface area contributed by atoms with Gasteiger partial charge in [0.2, 0.25) is 0 Å². The van der Waals surface area contributed by atoms with Gasteiger partial charge in [0.15, 0.2) is 6.29 Å². The molecule has 0 saturated heterocycles. The number of hydrogen-bond donors (Lipinski definition) is 1. The van der Waals surface area contributed by atoms with E-state index in [0.29, 0.717) is 0 Å². The summed E-state index contributed by atoms with van der Waals surface area (Å²) in [5.41, 5.74) is 0.0156. The van der Waals surface area contributed by atoms with Crippen molar-refractivity contribution in [2.24, 2.45) is 0 Å². The molecule has 0 rings (SSSR count). The third-order valence-corrected chi connectivity index (χ3v) is 1.82. The fourth-order valence-corrected chi connectivity index (χ4v) is 1.29. The fraction of sp³-hybridized carbons (Fsp3) is 1.00. The number of rotatable bonds is 7. The molecule has 0 saturated carbocycles. The van der Waals surface area contributed by atoms with Crippen LogP contribution in [-0.4, -0.2) is 18.3 Å². The second kappa shape index (κ2) is 7.90. The van der Waals surface area contributed by atoms with Crippen molar-refractivity contribution in [3.63, 3.8) is 0 Å². The summed E-state index contributed by atoms with van der Waals surface area (Å²) >= 11 is 4.27. The van der Waals surface area contributed by atoms with Gasteiger partial charge in [-0.15, -0.1) is 12.6 Å². The van der Waals surface area contributed by atoms with Crippen LogP contribution in [-0.2, 0) is 9.47 Å². The first kappa shape index (κ1) is 12.3. The molecule has 2 unspecified atom stereocenters. The van der Waals surface area contributed by atoms with Crippen molar-refractivity contribution < 1.29 is 9.47 Å². The third-order valence-electron chi connectivity index (χ3n) is 1.44. The van der Waals surface area contributed by atoms with Gasteiger partial charge in [-0.2, -0.15) is 0 Å². The monoisotopic (exact) mass is 192 g/mol. The molecule has 0 aromatic rings. The lowest BCUT2D eigenvalue weighted by atomic mass is 10.3. The Morgan fingerprint density at radius 2 is 1.92 bits per heavy atom. The lowest BCUT2D eigenvalue weighted by molar-refractivity contribution is -0.139. The van der Waals surface area contributed by atoms with Crippen LogP contribution in [0.15, 0.2) is 0 Å². The van der Waals surface area contributed by atoms with E-state index in [1.165, 1.54) is 0 Å². The quantitative estimate of drug-likeness (QED) is 0.494. The predicted octanol–water partition coefficient (Wildman–Crippen LogP) is 2.83. The van der Waals surface area contributed by atoms with Gasteiger partial charge in [-0.3, -0.25) is 0 Å². The largest absolute Gasteiger partial charge is 0.353 e. The predicted molar refractivity (Wildman–Crippen MR) is 54.5 cm³/mol. The van der Waals surface area contributed by atoms with Gasteiger partial charge in [-0.05, 0) is 19.8 Å². The molecule has 0 heterocycles. The zero-order valence-electron chi connectivity index (χ0n) is 8.25. The molecule has 0 aromatic carbocycles. The standard InChI is InChI=1S/C9H20O2S/c1-4-6-9(12)11-8(3)10-7-5-2/h8-9,12H,4-7H2,1-3H3. The summed E-state index contributed by atoms with van der Waals surface area (Å²) in [5, 5.41) is 0. The Hall–Kier alpha value is 0.270. The van der Waals surface area contributed by atoms with Crippen LogP contribution in [0.3, 0.4) is 0 Å². The highest BCUT2D eigenvalue weighted by Crippen LogP contribution is 2.09. The summed E-state index contributed by atoms with van der Waals surface area (Å²) in [5.74, 6) is 0. The van der Waals surface area contributed by atoms with E-state index < -0.39 is 0 Å². The molecule has 0 bridgehead atoms. The zero-order valence-corrected chi connectivity index (χ0v) is 9.14. The SMILES string of the molecule is CCCOC(C)OC(S)CCC. The lowest BCUT2D eigenvalue weighted by Gasteiger charge is -2.17. The maximum Gasteiger partial charge on any atom is 0.156 e. The minimum Gasteiger partial charge on any atom is -0.353 e. The molecule has 12 heavy (non-hydrogen) atoms. The highest BCUT2D eigenvalue weighted by Gasteiger charge is 2.07. The van der Waals surface area contributed by atoms with Crippen molar-refractivity contribution in [3.8, 4) is 0 Å². The molecule has 0 amide bonds.